The second kappa shape index (κ2) is 10.2. The zero-order valence-electron chi connectivity index (χ0n) is 18.6. The summed E-state index contributed by atoms with van der Waals surface area (Å²) in [6.45, 7) is 5.46. The Morgan fingerprint density at radius 2 is 1.76 bits per heavy atom. The Balaban J connectivity index is 1.61. The van der Waals surface area contributed by atoms with Crippen molar-refractivity contribution in [2.75, 3.05) is 38.1 Å². The maximum atomic E-state index is 13.3. The first-order chi connectivity index (χ1) is 15.9. The highest BCUT2D eigenvalue weighted by Crippen LogP contribution is 2.36. The summed E-state index contributed by atoms with van der Waals surface area (Å²) in [6.07, 6.45) is 1.43. The minimum atomic E-state index is -0.469. The summed E-state index contributed by atoms with van der Waals surface area (Å²) in [6, 6.07) is 13.3. The maximum Gasteiger partial charge on any atom is 0.248 e. The number of aromatic nitrogens is 2. The minimum absolute atomic E-state index is 0.291. The molecule has 0 spiro atoms. The van der Waals surface area contributed by atoms with Crippen molar-refractivity contribution in [3.8, 4) is 5.88 Å². The Hall–Kier alpha value is -3.17. The van der Waals surface area contributed by atoms with E-state index in [4.69, 9.17) is 15.5 Å². The molecule has 1 aromatic heterocycles. The molecule has 0 unspecified atom stereocenters. The lowest BCUT2D eigenvalue weighted by Crippen LogP contribution is -2.45. The van der Waals surface area contributed by atoms with Gasteiger partial charge in [-0.3, -0.25) is 4.79 Å². The van der Waals surface area contributed by atoms with Crippen LogP contribution in [0.25, 0.3) is 0 Å². The van der Waals surface area contributed by atoms with Crippen LogP contribution in [0.4, 0.5) is 10.3 Å². The first-order valence-corrected chi connectivity index (χ1v) is 11.5. The van der Waals surface area contributed by atoms with E-state index in [1.807, 2.05) is 19.1 Å². The quantitative estimate of drug-likeness (QED) is 0.566. The van der Waals surface area contributed by atoms with Crippen LogP contribution in [0.3, 0.4) is 0 Å². The van der Waals surface area contributed by atoms with Crippen molar-refractivity contribution in [2.24, 2.45) is 5.73 Å². The predicted octanol–water partition coefficient (Wildman–Crippen LogP) is 3.76. The van der Waals surface area contributed by atoms with Crippen LogP contribution >= 0.6 is 11.8 Å². The van der Waals surface area contributed by atoms with E-state index in [0.29, 0.717) is 17.4 Å². The third kappa shape index (κ3) is 5.80. The van der Waals surface area contributed by atoms with Crippen LogP contribution in [-0.4, -0.2) is 54.0 Å². The van der Waals surface area contributed by atoms with Gasteiger partial charge in [-0.25, -0.2) is 9.37 Å². The smallest absolute Gasteiger partial charge is 0.248 e. The van der Waals surface area contributed by atoms with E-state index in [2.05, 4.69) is 21.8 Å². The van der Waals surface area contributed by atoms with Crippen molar-refractivity contribution in [2.45, 2.75) is 22.8 Å². The molecule has 1 aliphatic rings. The highest BCUT2D eigenvalue weighted by atomic mass is 32.2. The number of ether oxygens (including phenoxy) is 1. The van der Waals surface area contributed by atoms with Crippen LogP contribution < -0.4 is 15.4 Å². The summed E-state index contributed by atoms with van der Waals surface area (Å²) in [7, 11) is 2.10. The van der Waals surface area contributed by atoms with Crippen molar-refractivity contribution in [3.63, 3.8) is 0 Å². The molecule has 1 amide bonds. The molecule has 33 heavy (non-hydrogen) atoms. The van der Waals surface area contributed by atoms with Gasteiger partial charge in [0.1, 0.15) is 11.9 Å². The van der Waals surface area contributed by atoms with Gasteiger partial charge in [-0.2, -0.15) is 4.98 Å². The van der Waals surface area contributed by atoms with Gasteiger partial charge in [-0.05, 0) is 55.9 Å². The Morgan fingerprint density at radius 3 is 2.39 bits per heavy atom. The topological polar surface area (TPSA) is 84.6 Å². The average Bonchev–Trinajstić information content (AvgIpc) is 2.81. The summed E-state index contributed by atoms with van der Waals surface area (Å²) in [5.74, 6) is 0.321. The third-order valence-corrected chi connectivity index (χ3v) is 6.50. The summed E-state index contributed by atoms with van der Waals surface area (Å²) in [5.41, 5.74) is 6.63. The van der Waals surface area contributed by atoms with Gasteiger partial charge in [0.15, 0.2) is 0 Å². The normalized spacial score (nSPS) is 15.3. The Morgan fingerprint density at radius 1 is 1.09 bits per heavy atom. The van der Waals surface area contributed by atoms with E-state index in [1.165, 1.54) is 23.9 Å². The number of primary amides is 1. The number of likely N-dealkylation sites (N-methyl/N-ethyl adjacent to an activating group) is 1. The van der Waals surface area contributed by atoms with Crippen LogP contribution in [0.1, 0.15) is 28.9 Å². The molecule has 1 aliphatic heterocycles. The Kier molecular flexibility index (Phi) is 7.10. The van der Waals surface area contributed by atoms with Gasteiger partial charge in [-0.1, -0.05) is 23.9 Å². The van der Waals surface area contributed by atoms with Gasteiger partial charge in [-0.15, -0.1) is 0 Å². The van der Waals surface area contributed by atoms with E-state index in [-0.39, 0.29) is 11.9 Å². The molecule has 1 atom stereocenters. The fraction of sp³-hybridized carbons (Fsp3) is 0.292. The molecule has 2 heterocycles. The zero-order valence-corrected chi connectivity index (χ0v) is 19.4. The van der Waals surface area contributed by atoms with Gasteiger partial charge in [0.05, 0.1) is 11.1 Å². The first-order valence-electron chi connectivity index (χ1n) is 10.7. The van der Waals surface area contributed by atoms with Crippen LogP contribution in [0.15, 0.2) is 64.5 Å². The lowest BCUT2D eigenvalue weighted by Gasteiger charge is -2.32. The summed E-state index contributed by atoms with van der Waals surface area (Å²) in [5, 5.41) is 0. The van der Waals surface area contributed by atoms with Crippen molar-refractivity contribution < 1.29 is 13.9 Å². The molecule has 2 N–H and O–H groups in total. The van der Waals surface area contributed by atoms with Crippen molar-refractivity contribution in [3.05, 3.63) is 71.7 Å². The molecule has 7 nitrogen and oxygen atoms in total. The number of nitrogens with zero attached hydrogens (tertiary/aromatic N) is 4. The average molecular weight is 468 g/mol. The zero-order chi connectivity index (χ0) is 23.4. The number of hydrogen-bond donors (Lipinski definition) is 1. The number of carbonyl (C=O) groups excluding carboxylic acids is 1. The number of nitrogens with two attached hydrogens (primary N) is 1. The molecule has 4 rings (SSSR count). The molecule has 1 saturated heterocycles. The van der Waals surface area contributed by atoms with Crippen LogP contribution in [0, 0.1) is 5.82 Å². The highest BCUT2D eigenvalue weighted by molar-refractivity contribution is 7.99. The lowest BCUT2D eigenvalue weighted by molar-refractivity contribution is 0.1000. The Bertz CT molecular complexity index is 1100. The van der Waals surface area contributed by atoms with Gasteiger partial charge in [0.25, 0.3) is 0 Å². The largest absolute Gasteiger partial charge is 0.469 e. The van der Waals surface area contributed by atoms with Gasteiger partial charge in [0, 0.05) is 36.6 Å². The molecule has 172 valence electrons. The van der Waals surface area contributed by atoms with Crippen molar-refractivity contribution in [1.82, 2.24) is 14.9 Å². The molecule has 3 aromatic rings. The summed E-state index contributed by atoms with van der Waals surface area (Å²) in [4.78, 5) is 26.8. The first kappa shape index (κ1) is 23.0. The molecular weight excluding hydrogens is 441 g/mol. The number of rotatable bonds is 7. The molecule has 9 heteroatoms. The fourth-order valence-electron chi connectivity index (χ4n) is 3.44. The van der Waals surface area contributed by atoms with E-state index >= 15 is 0 Å². The number of amides is 1. The molecular formula is C24H26FN5O2S. The van der Waals surface area contributed by atoms with E-state index < -0.39 is 5.91 Å². The van der Waals surface area contributed by atoms with Gasteiger partial charge < -0.3 is 20.3 Å². The molecule has 0 radical (unpaired) electrons. The van der Waals surface area contributed by atoms with Crippen LogP contribution in [-0.2, 0) is 0 Å². The standard InChI is InChI=1S/C24H26FN5O2S/c1-16(17-3-7-19(25)8-4-17)32-23-21(33-20-9-5-18(6-10-20)22(26)31)15-27-24(28-23)30-13-11-29(2)12-14-30/h3-10,15-16H,11-14H2,1-2H3,(H2,26,31)/t16-/m0/s1. The van der Waals surface area contributed by atoms with Crippen LogP contribution in [0.2, 0.25) is 0 Å². The van der Waals surface area contributed by atoms with Gasteiger partial charge in [0.2, 0.25) is 17.7 Å². The maximum absolute atomic E-state index is 13.3. The van der Waals surface area contributed by atoms with E-state index in [0.717, 1.165) is 41.5 Å². The second-order valence-corrected chi connectivity index (χ2v) is 9.05. The Labute approximate surface area is 196 Å². The number of anilines is 1. The number of carbonyl (C=O) groups is 1. The van der Waals surface area contributed by atoms with E-state index in [9.17, 15) is 9.18 Å². The molecule has 2 aromatic carbocycles. The number of hydrogen-bond acceptors (Lipinski definition) is 7. The van der Waals surface area contributed by atoms with Crippen LogP contribution in [0.5, 0.6) is 5.88 Å². The summed E-state index contributed by atoms with van der Waals surface area (Å²) >= 11 is 1.44. The second-order valence-electron chi connectivity index (χ2n) is 7.93. The number of benzene rings is 2. The van der Waals surface area contributed by atoms with Gasteiger partial charge >= 0.3 is 0 Å². The highest BCUT2D eigenvalue weighted by Gasteiger charge is 2.20. The van der Waals surface area contributed by atoms with E-state index in [1.54, 1.807) is 30.5 Å². The fourth-order valence-corrected chi connectivity index (χ4v) is 4.26. The van der Waals surface area contributed by atoms with Crippen molar-refractivity contribution >= 4 is 23.6 Å². The molecule has 0 aliphatic carbocycles. The predicted molar refractivity (Wildman–Crippen MR) is 126 cm³/mol. The molecule has 0 saturated carbocycles. The number of piperazine rings is 1. The summed E-state index contributed by atoms with van der Waals surface area (Å²) < 4.78 is 19.6. The lowest BCUT2D eigenvalue weighted by atomic mass is 10.1. The molecule has 1 fully saturated rings. The third-order valence-electron chi connectivity index (χ3n) is 5.49. The van der Waals surface area contributed by atoms with Crippen molar-refractivity contribution in [1.29, 1.82) is 0 Å². The molecule has 0 bridgehead atoms. The minimum Gasteiger partial charge on any atom is -0.469 e. The SMILES string of the molecule is C[C@H](Oc1nc(N2CCN(C)CC2)ncc1Sc1ccc(C(N)=O)cc1)c1ccc(F)cc1. The number of halogens is 1. The monoisotopic (exact) mass is 467 g/mol.